The molecule has 3 aromatic rings. The molecule has 2 aromatic heterocycles. The van der Waals surface area contributed by atoms with Gasteiger partial charge in [0.25, 0.3) is 5.82 Å². The van der Waals surface area contributed by atoms with Gasteiger partial charge in [-0.25, -0.2) is 0 Å². The Bertz CT molecular complexity index is 819. The van der Waals surface area contributed by atoms with Crippen LogP contribution in [0.3, 0.4) is 0 Å². The minimum atomic E-state index is -4.60. The highest BCUT2D eigenvalue weighted by Gasteiger charge is 2.37. The highest BCUT2D eigenvalue weighted by Crippen LogP contribution is 2.27. The number of hydrogen-bond acceptors (Lipinski definition) is 5. The second-order valence-corrected chi connectivity index (χ2v) is 6.64. The van der Waals surface area contributed by atoms with Gasteiger partial charge in [-0.3, -0.25) is 0 Å². The van der Waals surface area contributed by atoms with E-state index in [9.17, 15) is 13.2 Å². The summed E-state index contributed by atoms with van der Waals surface area (Å²) in [5.41, 5.74) is 0.0552. The normalized spacial score (nSPS) is 13.2. The van der Waals surface area contributed by atoms with E-state index in [1.54, 1.807) is 17.8 Å². The highest BCUT2D eigenvalue weighted by molar-refractivity contribution is 8.00. The molecule has 5 nitrogen and oxygen atoms in total. The molecule has 0 aliphatic carbocycles. The molecule has 0 radical (unpaired) electrons. The lowest BCUT2D eigenvalue weighted by Crippen LogP contribution is -2.16. The average Bonchev–Trinajstić information content (AvgIpc) is 2.97. The zero-order chi connectivity index (χ0) is 17.2. The maximum Gasteiger partial charge on any atom is 0.453 e. The number of thioether (sulfide) groups is 1. The summed E-state index contributed by atoms with van der Waals surface area (Å²) < 4.78 is 39.3. The summed E-state index contributed by atoms with van der Waals surface area (Å²) in [5, 5.41) is 13.8. The fraction of sp³-hybridized carbons (Fsp3) is 0.267. The molecule has 0 bridgehead atoms. The highest BCUT2D eigenvalue weighted by atomic mass is 32.2. The van der Waals surface area contributed by atoms with E-state index in [0.717, 1.165) is 4.90 Å². The molecule has 9 heteroatoms. The summed E-state index contributed by atoms with van der Waals surface area (Å²) in [5.74, 6) is -0.791. The fourth-order valence-electron chi connectivity index (χ4n) is 2.08. The fourth-order valence-corrected chi connectivity index (χ4v) is 3.03. The lowest BCUT2D eigenvalue weighted by Gasteiger charge is -2.13. The van der Waals surface area contributed by atoms with Gasteiger partial charge in [-0.1, -0.05) is 25.1 Å². The van der Waals surface area contributed by atoms with Crippen molar-refractivity contribution in [3.05, 3.63) is 48.3 Å². The van der Waals surface area contributed by atoms with Crippen molar-refractivity contribution in [2.75, 3.05) is 11.9 Å². The number of nitrogens with one attached hydrogen (secondary N) is 1. The number of nitrogens with zero attached hydrogens (tertiary/aromatic N) is 4. The van der Waals surface area contributed by atoms with E-state index < -0.39 is 12.0 Å². The smallest absolute Gasteiger partial charge is 0.368 e. The lowest BCUT2D eigenvalue weighted by molar-refractivity contribution is -0.146. The Morgan fingerprint density at radius 3 is 2.58 bits per heavy atom. The summed E-state index contributed by atoms with van der Waals surface area (Å²) >= 11 is 1.67. The van der Waals surface area contributed by atoms with Gasteiger partial charge in [-0.05, 0) is 24.3 Å². The van der Waals surface area contributed by atoms with E-state index in [4.69, 9.17) is 0 Å². The van der Waals surface area contributed by atoms with Crippen LogP contribution >= 0.6 is 11.8 Å². The Morgan fingerprint density at radius 1 is 1.12 bits per heavy atom. The van der Waals surface area contributed by atoms with Crippen LogP contribution < -0.4 is 5.32 Å². The van der Waals surface area contributed by atoms with Crippen molar-refractivity contribution in [2.24, 2.45) is 0 Å². The van der Waals surface area contributed by atoms with Crippen molar-refractivity contribution >= 4 is 23.2 Å². The molecule has 0 spiro atoms. The van der Waals surface area contributed by atoms with Crippen LogP contribution in [-0.2, 0) is 6.18 Å². The molecular weight excluding hydrogens is 339 g/mol. The number of alkyl halides is 3. The van der Waals surface area contributed by atoms with Gasteiger partial charge in [0.15, 0.2) is 5.65 Å². The predicted molar refractivity (Wildman–Crippen MR) is 86.0 cm³/mol. The first-order chi connectivity index (χ1) is 11.4. The summed E-state index contributed by atoms with van der Waals surface area (Å²) in [6, 6.07) is 12.9. The van der Waals surface area contributed by atoms with Gasteiger partial charge in [0, 0.05) is 16.7 Å². The molecule has 1 aromatic carbocycles. The van der Waals surface area contributed by atoms with Crippen molar-refractivity contribution in [3.8, 4) is 0 Å². The van der Waals surface area contributed by atoms with Gasteiger partial charge in [0.1, 0.15) is 5.82 Å². The number of hydrogen-bond donors (Lipinski definition) is 1. The van der Waals surface area contributed by atoms with Crippen molar-refractivity contribution in [1.82, 2.24) is 19.8 Å². The van der Waals surface area contributed by atoms with Gasteiger partial charge in [-0.2, -0.15) is 17.7 Å². The van der Waals surface area contributed by atoms with E-state index in [2.05, 4.69) is 20.6 Å². The van der Waals surface area contributed by atoms with E-state index >= 15 is 0 Å². The van der Waals surface area contributed by atoms with Gasteiger partial charge in [-0.15, -0.1) is 27.1 Å². The van der Waals surface area contributed by atoms with Gasteiger partial charge in [0.2, 0.25) is 0 Å². The molecular formula is C15H14F3N5S. The van der Waals surface area contributed by atoms with Crippen LogP contribution in [0.2, 0.25) is 0 Å². The van der Waals surface area contributed by atoms with Crippen molar-refractivity contribution < 1.29 is 13.2 Å². The molecule has 0 saturated heterocycles. The van der Waals surface area contributed by atoms with Crippen molar-refractivity contribution in [1.29, 1.82) is 0 Å². The summed E-state index contributed by atoms with van der Waals surface area (Å²) in [4.78, 5) is 1.13. The Balaban J connectivity index is 1.69. The third-order valence-electron chi connectivity index (χ3n) is 3.17. The zero-order valence-corrected chi connectivity index (χ0v) is 13.5. The standard InChI is InChI=1S/C15H14F3N5S/c1-10(24-11-5-3-2-4-6-11)9-19-12-7-8-13-20-21-14(15(16,17)18)23(13)22-12/h2-8,10H,9H2,1H3,(H,19,22). The summed E-state index contributed by atoms with van der Waals surface area (Å²) in [6.45, 7) is 2.59. The van der Waals surface area contributed by atoms with E-state index in [-0.39, 0.29) is 10.9 Å². The lowest BCUT2D eigenvalue weighted by atomic mass is 10.4. The second-order valence-electron chi connectivity index (χ2n) is 5.13. The monoisotopic (exact) mass is 353 g/mol. The van der Waals surface area contributed by atoms with Gasteiger partial charge < -0.3 is 5.32 Å². The third-order valence-corrected chi connectivity index (χ3v) is 4.28. The topological polar surface area (TPSA) is 55.1 Å². The second kappa shape index (κ2) is 6.68. The maximum atomic E-state index is 12.9. The molecule has 1 N–H and O–H groups in total. The Labute approximate surface area is 140 Å². The van der Waals surface area contributed by atoms with Crippen LogP contribution in [0.15, 0.2) is 47.4 Å². The number of benzene rings is 1. The first-order valence-corrected chi connectivity index (χ1v) is 8.06. The number of rotatable bonds is 5. The molecule has 1 unspecified atom stereocenters. The minimum Gasteiger partial charge on any atom is -0.368 e. The molecule has 3 rings (SSSR count). The van der Waals surface area contributed by atoms with Crippen LogP contribution in [0.4, 0.5) is 19.0 Å². The molecule has 0 saturated carbocycles. The minimum absolute atomic E-state index is 0.0552. The average molecular weight is 353 g/mol. The van der Waals surface area contributed by atoms with Crippen LogP contribution in [0.5, 0.6) is 0 Å². The molecule has 0 aliphatic rings. The first-order valence-electron chi connectivity index (χ1n) is 7.19. The van der Waals surface area contributed by atoms with E-state index in [0.29, 0.717) is 16.9 Å². The molecule has 2 heterocycles. The number of fused-ring (bicyclic) bond motifs is 1. The Kier molecular flexibility index (Phi) is 4.61. The number of aromatic nitrogens is 4. The van der Waals surface area contributed by atoms with E-state index in [1.165, 1.54) is 6.07 Å². The van der Waals surface area contributed by atoms with Crippen molar-refractivity contribution in [3.63, 3.8) is 0 Å². The SMILES string of the molecule is CC(CNc1ccc2nnc(C(F)(F)F)n2n1)Sc1ccccc1. The molecule has 1 atom stereocenters. The van der Waals surface area contributed by atoms with Crippen LogP contribution in [0.1, 0.15) is 12.7 Å². The maximum absolute atomic E-state index is 12.9. The zero-order valence-electron chi connectivity index (χ0n) is 12.7. The molecule has 0 aliphatic heterocycles. The molecule has 24 heavy (non-hydrogen) atoms. The van der Waals surface area contributed by atoms with Crippen LogP contribution in [-0.4, -0.2) is 31.6 Å². The van der Waals surface area contributed by atoms with Gasteiger partial charge in [0.05, 0.1) is 0 Å². The molecule has 0 fully saturated rings. The Morgan fingerprint density at radius 2 is 1.88 bits per heavy atom. The van der Waals surface area contributed by atoms with Crippen molar-refractivity contribution in [2.45, 2.75) is 23.2 Å². The van der Waals surface area contributed by atoms with Crippen LogP contribution in [0.25, 0.3) is 5.65 Å². The Hall–Kier alpha value is -2.29. The number of halogens is 3. The van der Waals surface area contributed by atoms with E-state index in [1.807, 2.05) is 37.3 Å². The van der Waals surface area contributed by atoms with Crippen LogP contribution in [0, 0.1) is 0 Å². The largest absolute Gasteiger partial charge is 0.453 e. The molecule has 126 valence electrons. The number of anilines is 1. The summed E-state index contributed by atoms with van der Waals surface area (Å²) in [6.07, 6.45) is -4.60. The molecule has 0 amide bonds. The predicted octanol–water partition coefficient (Wildman–Crippen LogP) is 3.74. The summed E-state index contributed by atoms with van der Waals surface area (Å²) in [7, 11) is 0. The van der Waals surface area contributed by atoms with Gasteiger partial charge >= 0.3 is 6.18 Å². The third kappa shape index (κ3) is 3.78. The first kappa shape index (κ1) is 16.6. The quantitative estimate of drug-likeness (QED) is 0.708.